The van der Waals surface area contributed by atoms with E-state index in [-0.39, 0.29) is 6.42 Å². The van der Waals surface area contributed by atoms with Gasteiger partial charge in [-0.15, -0.1) is 0 Å². The zero-order valence-corrected chi connectivity index (χ0v) is 9.60. The average molecular weight is 250 g/mol. The minimum absolute atomic E-state index is 0.0374. The molecule has 1 aromatic rings. The highest BCUT2D eigenvalue weighted by Crippen LogP contribution is 2.37. The quantitative estimate of drug-likeness (QED) is 0.731. The fraction of sp³-hybridized carbons (Fsp3) is 0.462. The number of ether oxygens (including phenoxy) is 2. The Bertz CT molecular complexity index is 446. The molecule has 3 rings (SSSR count). The molecule has 96 valence electrons. The van der Waals surface area contributed by atoms with E-state index in [1.54, 1.807) is 12.1 Å². The van der Waals surface area contributed by atoms with Crippen molar-refractivity contribution in [3.05, 3.63) is 35.9 Å². The highest BCUT2D eigenvalue weighted by atomic mass is 16.6. The molecule has 2 aliphatic heterocycles. The summed E-state index contributed by atoms with van der Waals surface area (Å²) in [6.07, 6.45) is -3.80. The molecule has 0 spiro atoms. The first kappa shape index (κ1) is 11.6. The van der Waals surface area contributed by atoms with Gasteiger partial charge in [0.1, 0.15) is 18.3 Å². The van der Waals surface area contributed by atoms with Crippen molar-refractivity contribution in [2.24, 2.45) is 0 Å². The van der Waals surface area contributed by atoms with Crippen LogP contribution in [0.15, 0.2) is 30.3 Å². The SMILES string of the molecule is O=C1CC2OC(C(O)c3ccccc3)C(O1)C2O. The molecule has 2 fully saturated rings. The molecule has 2 bridgehead atoms. The first-order valence-corrected chi connectivity index (χ1v) is 5.93. The fourth-order valence-corrected chi connectivity index (χ4v) is 2.53. The van der Waals surface area contributed by atoms with Crippen LogP contribution in [0.5, 0.6) is 0 Å². The van der Waals surface area contributed by atoms with Crippen LogP contribution in [0.1, 0.15) is 18.1 Å². The number of esters is 1. The van der Waals surface area contributed by atoms with Crippen molar-refractivity contribution in [3.8, 4) is 0 Å². The van der Waals surface area contributed by atoms with E-state index < -0.39 is 36.5 Å². The molecule has 2 aliphatic rings. The number of fused-ring (bicyclic) bond motifs is 2. The molecule has 2 heterocycles. The summed E-state index contributed by atoms with van der Waals surface area (Å²) in [4.78, 5) is 11.3. The number of benzene rings is 1. The lowest BCUT2D eigenvalue weighted by Gasteiger charge is -2.26. The third kappa shape index (κ3) is 1.80. The van der Waals surface area contributed by atoms with Crippen molar-refractivity contribution in [1.29, 1.82) is 0 Å². The van der Waals surface area contributed by atoms with Crippen LogP contribution in [0.2, 0.25) is 0 Å². The summed E-state index contributed by atoms with van der Waals surface area (Å²) in [6, 6.07) is 9.00. The average Bonchev–Trinajstić information content (AvgIpc) is 2.59. The summed E-state index contributed by atoms with van der Waals surface area (Å²) in [5.74, 6) is -0.391. The van der Waals surface area contributed by atoms with Crippen LogP contribution >= 0.6 is 0 Å². The second kappa shape index (κ2) is 4.35. The molecule has 5 heteroatoms. The molecule has 18 heavy (non-hydrogen) atoms. The molecule has 5 atom stereocenters. The van der Waals surface area contributed by atoms with Crippen molar-refractivity contribution >= 4 is 5.97 Å². The number of hydrogen-bond donors (Lipinski definition) is 2. The molecule has 5 unspecified atom stereocenters. The number of rotatable bonds is 2. The molecular weight excluding hydrogens is 236 g/mol. The topological polar surface area (TPSA) is 76.0 Å². The van der Waals surface area contributed by atoms with Gasteiger partial charge >= 0.3 is 5.97 Å². The Morgan fingerprint density at radius 1 is 1.28 bits per heavy atom. The molecule has 2 N–H and O–H groups in total. The van der Waals surface area contributed by atoms with E-state index in [2.05, 4.69) is 0 Å². The van der Waals surface area contributed by atoms with Gasteiger partial charge in [0.05, 0.1) is 12.5 Å². The maximum atomic E-state index is 11.3. The molecule has 0 radical (unpaired) electrons. The zero-order chi connectivity index (χ0) is 12.7. The molecule has 1 aromatic carbocycles. The van der Waals surface area contributed by atoms with Crippen molar-refractivity contribution in [3.63, 3.8) is 0 Å². The molecule has 5 nitrogen and oxygen atoms in total. The van der Waals surface area contributed by atoms with Gasteiger partial charge in [0.15, 0.2) is 6.10 Å². The molecule has 0 saturated carbocycles. The van der Waals surface area contributed by atoms with Crippen LogP contribution in [0, 0.1) is 0 Å². The molecule has 0 aliphatic carbocycles. The van der Waals surface area contributed by atoms with Gasteiger partial charge in [0, 0.05) is 0 Å². The highest BCUT2D eigenvalue weighted by Gasteiger charge is 2.53. The molecule has 2 saturated heterocycles. The smallest absolute Gasteiger partial charge is 0.308 e. The second-order valence-corrected chi connectivity index (χ2v) is 4.64. The van der Waals surface area contributed by atoms with E-state index in [1.165, 1.54) is 0 Å². The van der Waals surface area contributed by atoms with Gasteiger partial charge < -0.3 is 19.7 Å². The van der Waals surface area contributed by atoms with E-state index in [9.17, 15) is 15.0 Å². The maximum absolute atomic E-state index is 11.3. The fourth-order valence-electron chi connectivity index (χ4n) is 2.53. The van der Waals surface area contributed by atoms with E-state index in [0.717, 1.165) is 0 Å². The largest absolute Gasteiger partial charge is 0.456 e. The van der Waals surface area contributed by atoms with Gasteiger partial charge in [-0.05, 0) is 5.56 Å². The number of carbonyl (C=O) groups excluding carboxylic acids is 1. The summed E-state index contributed by atoms with van der Waals surface area (Å²) in [7, 11) is 0. The van der Waals surface area contributed by atoms with Crippen molar-refractivity contribution in [1.82, 2.24) is 0 Å². The zero-order valence-electron chi connectivity index (χ0n) is 9.60. The normalized spacial score (nSPS) is 36.2. The Balaban J connectivity index is 1.83. The van der Waals surface area contributed by atoms with Crippen LogP contribution in [-0.2, 0) is 14.3 Å². The summed E-state index contributed by atoms with van der Waals surface area (Å²) < 4.78 is 10.6. The number of hydrogen-bond acceptors (Lipinski definition) is 5. The van der Waals surface area contributed by atoms with Crippen molar-refractivity contribution < 1.29 is 24.5 Å². The monoisotopic (exact) mass is 250 g/mol. The number of aliphatic hydroxyl groups is 2. The first-order valence-electron chi connectivity index (χ1n) is 5.93. The van der Waals surface area contributed by atoms with Gasteiger partial charge in [-0.1, -0.05) is 30.3 Å². The number of carbonyl (C=O) groups is 1. The second-order valence-electron chi connectivity index (χ2n) is 4.64. The van der Waals surface area contributed by atoms with Crippen molar-refractivity contribution in [2.75, 3.05) is 0 Å². The third-order valence-corrected chi connectivity index (χ3v) is 3.46. The molecule has 0 amide bonds. The summed E-state index contributed by atoms with van der Waals surface area (Å²) in [5, 5.41) is 20.1. The number of aliphatic hydroxyl groups excluding tert-OH is 2. The predicted octanol–water partition coefficient (Wildman–Crippen LogP) is 0.164. The Hall–Kier alpha value is -1.43. The van der Waals surface area contributed by atoms with Gasteiger partial charge in [0.25, 0.3) is 0 Å². The van der Waals surface area contributed by atoms with Gasteiger partial charge in [-0.2, -0.15) is 0 Å². The lowest BCUT2D eigenvalue weighted by Crippen LogP contribution is -2.43. The standard InChI is InChI=1S/C13H14O5/c14-9-6-8-11(16)13(18-9)12(17-8)10(15)7-4-2-1-3-5-7/h1-5,8,10-13,15-16H,6H2. The van der Waals surface area contributed by atoms with Crippen molar-refractivity contribution in [2.45, 2.75) is 36.9 Å². The van der Waals surface area contributed by atoms with Crippen LogP contribution in [-0.4, -0.2) is 40.6 Å². The van der Waals surface area contributed by atoms with E-state index in [4.69, 9.17) is 9.47 Å². The van der Waals surface area contributed by atoms with Crippen LogP contribution in [0.25, 0.3) is 0 Å². The van der Waals surface area contributed by atoms with Gasteiger partial charge in [0.2, 0.25) is 0 Å². The van der Waals surface area contributed by atoms with E-state index in [0.29, 0.717) is 5.56 Å². The maximum Gasteiger partial charge on any atom is 0.308 e. The third-order valence-electron chi connectivity index (χ3n) is 3.46. The van der Waals surface area contributed by atoms with E-state index >= 15 is 0 Å². The Morgan fingerprint density at radius 3 is 2.72 bits per heavy atom. The summed E-state index contributed by atoms with van der Waals surface area (Å²) in [5.41, 5.74) is 0.679. The Morgan fingerprint density at radius 2 is 2.00 bits per heavy atom. The summed E-state index contributed by atoms with van der Waals surface area (Å²) in [6.45, 7) is 0. The van der Waals surface area contributed by atoms with Crippen LogP contribution in [0.3, 0.4) is 0 Å². The molecular formula is C13H14O5. The minimum atomic E-state index is -0.915. The Kier molecular flexibility index (Phi) is 2.81. The predicted molar refractivity (Wildman–Crippen MR) is 60.6 cm³/mol. The first-order chi connectivity index (χ1) is 8.66. The Labute approximate surface area is 104 Å². The lowest BCUT2D eigenvalue weighted by atomic mass is 9.96. The van der Waals surface area contributed by atoms with Gasteiger partial charge in [-0.25, -0.2) is 0 Å². The van der Waals surface area contributed by atoms with E-state index in [1.807, 2.05) is 18.2 Å². The van der Waals surface area contributed by atoms with Crippen LogP contribution < -0.4 is 0 Å². The molecule has 0 aromatic heterocycles. The minimum Gasteiger partial charge on any atom is -0.456 e. The van der Waals surface area contributed by atoms with Crippen LogP contribution in [0.4, 0.5) is 0 Å². The summed E-state index contributed by atoms with van der Waals surface area (Å²) >= 11 is 0. The lowest BCUT2D eigenvalue weighted by molar-refractivity contribution is -0.162. The van der Waals surface area contributed by atoms with Gasteiger partial charge in [-0.3, -0.25) is 4.79 Å². The highest BCUT2D eigenvalue weighted by molar-refractivity contribution is 5.71.